The lowest BCUT2D eigenvalue weighted by atomic mass is 9.98. The summed E-state index contributed by atoms with van der Waals surface area (Å²) in [6.45, 7) is 0.477. The molecular weight excluding hydrogens is 341 g/mol. The van der Waals surface area contributed by atoms with E-state index in [-0.39, 0.29) is 5.56 Å². The molecule has 6 heteroatoms. The number of benzene rings is 1. The molecule has 0 saturated carbocycles. The molecule has 25 heavy (non-hydrogen) atoms. The van der Waals surface area contributed by atoms with Gasteiger partial charge in [0.05, 0.1) is 23.2 Å². The van der Waals surface area contributed by atoms with Gasteiger partial charge in [0.15, 0.2) is 0 Å². The molecule has 4 nitrogen and oxygen atoms in total. The smallest absolute Gasteiger partial charge is 0.340 e. The van der Waals surface area contributed by atoms with E-state index in [4.69, 9.17) is 4.74 Å². The maximum atomic E-state index is 13.6. The molecule has 0 amide bonds. The van der Waals surface area contributed by atoms with E-state index in [1.54, 1.807) is 16.7 Å². The Kier molecular flexibility index (Phi) is 3.77. The molecule has 3 aromatic rings. The Morgan fingerprint density at radius 3 is 2.88 bits per heavy atom. The first kappa shape index (κ1) is 15.8. The third kappa shape index (κ3) is 2.49. The molecule has 1 aliphatic heterocycles. The van der Waals surface area contributed by atoms with Crippen LogP contribution in [0.3, 0.4) is 0 Å². The van der Waals surface area contributed by atoms with Crippen molar-refractivity contribution in [3.63, 3.8) is 0 Å². The summed E-state index contributed by atoms with van der Waals surface area (Å²) >= 11 is 1.50. The van der Waals surface area contributed by atoms with Crippen LogP contribution in [0, 0.1) is 5.82 Å². The number of halogens is 1. The van der Waals surface area contributed by atoms with E-state index < -0.39 is 11.8 Å². The largest absolute Gasteiger partial charge is 0.465 e. The number of methoxy groups -OCH3 is 1. The zero-order valence-corrected chi connectivity index (χ0v) is 14.2. The van der Waals surface area contributed by atoms with Crippen LogP contribution in [0.2, 0.25) is 0 Å². The van der Waals surface area contributed by atoms with Crippen LogP contribution in [-0.4, -0.2) is 17.6 Å². The second-order valence-electron chi connectivity index (χ2n) is 5.80. The molecule has 0 spiro atoms. The number of carbonyl (C=O) groups excluding carboxylic acids is 1. The maximum Gasteiger partial charge on any atom is 0.340 e. The van der Waals surface area contributed by atoms with Crippen LogP contribution in [0.25, 0.3) is 21.7 Å². The number of pyridine rings is 1. The van der Waals surface area contributed by atoms with Crippen LogP contribution in [0.5, 0.6) is 0 Å². The fraction of sp³-hybridized carbons (Fsp3) is 0.158. The van der Waals surface area contributed by atoms with Crippen LogP contribution < -0.4 is 5.56 Å². The molecule has 0 radical (unpaired) electrons. The molecule has 1 aliphatic rings. The van der Waals surface area contributed by atoms with Crippen molar-refractivity contribution in [3.8, 4) is 21.7 Å². The van der Waals surface area contributed by atoms with E-state index in [1.807, 2.05) is 11.4 Å². The maximum absolute atomic E-state index is 13.6. The van der Waals surface area contributed by atoms with Gasteiger partial charge in [-0.1, -0.05) is 12.1 Å². The van der Waals surface area contributed by atoms with Gasteiger partial charge in [0.1, 0.15) is 5.82 Å². The predicted molar refractivity (Wildman–Crippen MR) is 94.5 cm³/mol. The number of hydrogen-bond acceptors (Lipinski definition) is 4. The van der Waals surface area contributed by atoms with Gasteiger partial charge >= 0.3 is 5.97 Å². The van der Waals surface area contributed by atoms with Crippen molar-refractivity contribution in [1.82, 2.24) is 4.57 Å². The number of aryl methyl sites for hydroxylation is 1. The number of rotatable bonds is 2. The molecule has 0 N–H and O–H groups in total. The van der Waals surface area contributed by atoms with Crippen molar-refractivity contribution in [2.45, 2.75) is 13.0 Å². The Labute approximate surface area is 147 Å². The van der Waals surface area contributed by atoms with Gasteiger partial charge in [0.25, 0.3) is 5.56 Å². The van der Waals surface area contributed by atoms with Gasteiger partial charge in [-0.15, -0.1) is 11.3 Å². The summed E-state index contributed by atoms with van der Waals surface area (Å²) in [5.74, 6) is -0.942. The molecular formula is C19H14FNO3S. The van der Waals surface area contributed by atoms with Crippen LogP contribution in [0.15, 0.2) is 46.6 Å². The average Bonchev–Trinajstić information content (AvgIpc) is 3.10. The fourth-order valence-corrected chi connectivity index (χ4v) is 4.25. The zero-order chi connectivity index (χ0) is 17.6. The first-order chi connectivity index (χ1) is 12.1. The predicted octanol–water partition coefficient (Wildman–Crippen LogP) is 3.73. The van der Waals surface area contributed by atoms with E-state index in [9.17, 15) is 14.0 Å². The Bertz CT molecular complexity index is 1050. The fourth-order valence-electron chi connectivity index (χ4n) is 3.23. The zero-order valence-electron chi connectivity index (χ0n) is 13.4. The van der Waals surface area contributed by atoms with Crippen molar-refractivity contribution in [2.24, 2.45) is 0 Å². The van der Waals surface area contributed by atoms with Crippen LogP contribution in [-0.2, 0) is 17.7 Å². The van der Waals surface area contributed by atoms with Crippen molar-refractivity contribution in [2.75, 3.05) is 7.11 Å². The highest BCUT2D eigenvalue weighted by Crippen LogP contribution is 2.37. The van der Waals surface area contributed by atoms with Crippen LogP contribution in [0.1, 0.15) is 15.9 Å². The molecule has 1 aromatic carbocycles. The Morgan fingerprint density at radius 1 is 1.28 bits per heavy atom. The molecule has 2 aromatic heterocycles. The minimum atomic E-state index is -0.511. The van der Waals surface area contributed by atoms with Crippen molar-refractivity contribution in [1.29, 1.82) is 0 Å². The lowest BCUT2D eigenvalue weighted by Crippen LogP contribution is -2.29. The average molecular weight is 355 g/mol. The number of fused-ring (bicyclic) bond motifs is 3. The summed E-state index contributed by atoms with van der Waals surface area (Å²) in [5, 5.41) is 1.95. The van der Waals surface area contributed by atoms with E-state index in [1.165, 1.54) is 36.6 Å². The summed E-state index contributed by atoms with van der Waals surface area (Å²) in [6.07, 6.45) is 0.721. The Hall–Kier alpha value is -2.73. The normalized spacial score (nSPS) is 12.4. The summed E-state index contributed by atoms with van der Waals surface area (Å²) in [6, 6.07) is 9.35. The van der Waals surface area contributed by atoms with Crippen molar-refractivity contribution >= 4 is 17.3 Å². The SMILES string of the molecule is COC(=O)c1cc(-c2cccc(F)c2)c(=O)n2c1-c1sccc1CC2. The van der Waals surface area contributed by atoms with Gasteiger partial charge in [-0.05, 0) is 47.2 Å². The number of thiophene rings is 1. The van der Waals surface area contributed by atoms with E-state index in [0.29, 0.717) is 28.9 Å². The second kappa shape index (κ2) is 5.97. The molecule has 0 bridgehead atoms. The lowest BCUT2D eigenvalue weighted by Gasteiger charge is -2.22. The molecule has 0 atom stereocenters. The molecule has 126 valence electrons. The number of ether oxygens (including phenoxy) is 1. The second-order valence-corrected chi connectivity index (χ2v) is 6.72. The highest BCUT2D eigenvalue weighted by atomic mass is 32.1. The number of aromatic nitrogens is 1. The van der Waals surface area contributed by atoms with Crippen LogP contribution in [0.4, 0.5) is 4.39 Å². The Balaban J connectivity index is 2.05. The summed E-state index contributed by atoms with van der Waals surface area (Å²) in [4.78, 5) is 26.3. The van der Waals surface area contributed by atoms with Gasteiger partial charge in [-0.3, -0.25) is 4.79 Å². The Morgan fingerprint density at radius 2 is 2.12 bits per heavy atom. The summed E-state index contributed by atoms with van der Waals surface area (Å²) in [5.41, 5.74) is 2.55. The van der Waals surface area contributed by atoms with E-state index >= 15 is 0 Å². The molecule has 0 aliphatic carbocycles. The number of carbonyl (C=O) groups is 1. The standard InChI is InChI=1S/C19H14FNO3S/c1-24-19(23)15-10-14(12-3-2-4-13(20)9-12)18(22)21-7-5-11-6-8-25-17(11)16(15)21/h2-4,6,8-10H,5,7H2,1H3. The van der Waals surface area contributed by atoms with Crippen LogP contribution >= 0.6 is 11.3 Å². The number of nitrogens with zero attached hydrogens (tertiary/aromatic N) is 1. The minimum Gasteiger partial charge on any atom is -0.465 e. The molecule has 0 saturated heterocycles. The van der Waals surface area contributed by atoms with Gasteiger partial charge in [-0.2, -0.15) is 0 Å². The monoisotopic (exact) mass is 355 g/mol. The molecule has 0 fully saturated rings. The number of esters is 1. The third-order valence-electron chi connectivity index (χ3n) is 4.40. The molecule has 4 rings (SSSR count). The van der Waals surface area contributed by atoms with Crippen molar-refractivity contribution in [3.05, 3.63) is 69.1 Å². The first-order valence-corrected chi connectivity index (χ1v) is 8.67. The molecule has 0 unspecified atom stereocenters. The van der Waals surface area contributed by atoms with E-state index in [2.05, 4.69) is 0 Å². The van der Waals surface area contributed by atoms with Gasteiger partial charge in [0.2, 0.25) is 0 Å². The molecule has 3 heterocycles. The summed E-state index contributed by atoms with van der Waals surface area (Å²) < 4.78 is 20.1. The quantitative estimate of drug-likeness (QED) is 0.658. The highest BCUT2D eigenvalue weighted by Gasteiger charge is 2.27. The topological polar surface area (TPSA) is 48.3 Å². The van der Waals surface area contributed by atoms with Crippen molar-refractivity contribution < 1.29 is 13.9 Å². The minimum absolute atomic E-state index is 0.229. The first-order valence-electron chi connectivity index (χ1n) is 7.79. The third-order valence-corrected chi connectivity index (χ3v) is 5.36. The van der Waals surface area contributed by atoms with E-state index in [0.717, 1.165) is 16.9 Å². The van der Waals surface area contributed by atoms with Gasteiger partial charge in [-0.25, -0.2) is 9.18 Å². The number of hydrogen-bond donors (Lipinski definition) is 0. The van der Waals surface area contributed by atoms with Gasteiger partial charge in [0, 0.05) is 12.1 Å². The lowest BCUT2D eigenvalue weighted by molar-refractivity contribution is 0.0600. The van der Waals surface area contributed by atoms with Gasteiger partial charge < -0.3 is 9.30 Å². The summed E-state index contributed by atoms with van der Waals surface area (Å²) in [7, 11) is 1.31. The highest BCUT2D eigenvalue weighted by molar-refractivity contribution is 7.13.